The molecule has 12 heteroatoms. The van der Waals surface area contributed by atoms with Crippen LogP contribution < -0.4 is 9.26 Å². The van der Waals surface area contributed by atoms with Crippen molar-refractivity contribution in [3.8, 4) is 11.5 Å². The molecule has 0 aliphatic rings. The van der Waals surface area contributed by atoms with Crippen molar-refractivity contribution in [1.82, 2.24) is 0 Å². The van der Waals surface area contributed by atoms with Gasteiger partial charge in [0.25, 0.3) is 0 Å². The summed E-state index contributed by atoms with van der Waals surface area (Å²) in [6.07, 6.45) is 0. The Morgan fingerprint density at radius 2 is 1.58 bits per heavy atom. The van der Waals surface area contributed by atoms with E-state index < -0.39 is 40.5 Å². The van der Waals surface area contributed by atoms with Crippen molar-refractivity contribution >= 4 is 19.2 Å². The molecule has 1 rings (SSSR count). The predicted octanol–water partition coefficient (Wildman–Crippen LogP) is 0.983. The molecule has 0 aliphatic carbocycles. The summed E-state index contributed by atoms with van der Waals surface area (Å²) in [6, 6.07) is 1.15. The molecule has 19 heavy (non-hydrogen) atoms. The summed E-state index contributed by atoms with van der Waals surface area (Å²) < 4.78 is 19.4. The molecule has 0 atom stereocenters. The molecule has 0 radical (unpaired) electrons. The molecule has 0 unspecified atom stereocenters. The van der Waals surface area contributed by atoms with E-state index in [1.54, 1.807) is 0 Å². The average Bonchev–Trinajstić information content (AvgIpc) is 2.25. The number of hydrogen-bond donors (Lipinski definition) is 2. The summed E-state index contributed by atoms with van der Waals surface area (Å²) in [5, 5.41) is 21.4. The number of phosphoric acid groups is 1. The number of ether oxygens (including phenoxy) is 1. The molecule has 1 aromatic rings. The predicted molar refractivity (Wildman–Crippen MR) is 59.0 cm³/mol. The van der Waals surface area contributed by atoms with Crippen LogP contribution in [-0.4, -0.2) is 26.7 Å². The molecule has 0 saturated heterocycles. The number of nitro benzene ring substituents is 2. The van der Waals surface area contributed by atoms with Gasteiger partial charge in [0.15, 0.2) is 0 Å². The van der Waals surface area contributed by atoms with E-state index in [-0.39, 0.29) is 0 Å². The lowest BCUT2D eigenvalue weighted by atomic mass is 10.2. The van der Waals surface area contributed by atoms with Crippen LogP contribution >= 0.6 is 7.82 Å². The fourth-order valence-corrected chi connectivity index (χ4v) is 1.59. The molecule has 2 N–H and O–H groups in total. The minimum absolute atomic E-state index is 0.431. The number of nitro groups is 2. The zero-order chi connectivity index (χ0) is 14.8. The summed E-state index contributed by atoms with van der Waals surface area (Å²) in [4.78, 5) is 36.6. The summed E-state index contributed by atoms with van der Waals surface area (Å²) >= 11 is 0. The summed E-state index contributed by atoms with van der Waals surface area (Å²) in [7, 11) is -4.00. The summed E-state index contributed by atoms with van der Waals surface area (Å²) in [6.45, 7) is 0. The summed E-state index contributed by atoms with van der Waals surface area (Å²) in [5.41, 5.74) is -1.69. The van der Waals surface area contributed by atoms with Gasteiger partial charge >= 0.3 is 19.2 Å². The number of hydrogen-bond acceptors (Lipinski definition) is 7. The molecule has 104 valence electrons. The number of benzene rings is 1. The summed E-state index contributed by atoms with van der Waals surface area (Å²) in [5.74, 6) is -1.26. The van der Waals surface area contributed by atoms with E-state index in [0.717, 1.165) is 7.11 Å². The van der Waals surface area contributed by atoms with Gasteiger partial charge in [-0.3, -0.25) is 30.0 Å². The normalized spacial score (nSPS) is 10.9. The quantitative estimate of drug-likeness (QED) is 0.457. The number of phosphoric ester groups is 1. The van der Waals surface area contributed by atoms with Gasteiger partial charge in [-0.15, -0.1) is 0 Å². The highest BCUT2D eigenvalue weighted by atomic mass is 31.2. The SMILES string of the molecule is COc1cc(OP(=O)(O)O)c([N+](=O)[O-])cc1[N+](=O)[O-]. The van der Waals surface area contributed by atoms with Crippen LogP contribution in [0.1, 0.15) is 0 Å². The second-order valence-electron chi connectivity index (χ2n) is 3.09. The van der Waals surface area contributed by atoms with E-state index in [4.69, 9.17) is 9.79 Å². The van der Waals surface area contributed by atoms with Gasteiger partial charge in [-0.1, -0.05) is 0 Å². The van der Waals surface area contributed by atoms with Crippen molar-refractivity contribution in [3.05, 3.63) is 32.4 Å². The third kappa shape index (κ3) is 3.61. The second kappa shape index (κ2) is 5.18. The molecule has 0 aromatic heterocycles. The van der Waals surface area contributed by atoms with Crippen LogP contribution in [0.25, 0.3) is 0 Å². The Morgan fingerprint density at radius 3 is 1.95 bits per heavy atom. The molecular weight excluding hydrogens is 287 g/mol. The fraction of sp³-hybridized carbons (Fsp3) is 0.143. The molecule has 0 saturated carbocycles. The van der Waals surface area contributed by atoms with Crippen molar-refractivity contribution in [2.24, 2.45) is 0 Å². The maximum Gasteiger partial charge on any atom is 0.525 e. The molecule has 0 bridgehead atoms. The van der Waals surface area contributed by atoms with Gasteiger partial charge in [-0.2, -0.15) is 0 Å². The first-order chi connectivity index (χ1) is 8.65. The lowest BCUT2D eigenvalue weighted by molar-refractivity contribution is -0.395. The smallest absolute Gasteiger partial charge is 0.490 e. The van der Waals surface area contributed by atoms with Gasteiger partial charge in [-0.25, -0.2) is 4.57 Å². The Kier molecular flexibility index (Phi) is 4.04. The standard InChI is InChI=1S/C7H7N2O9P/c1-17-6-3-7(18-19(14,15)16)5(9(12)13)2-4(6)8(10)11/h2-3H,1H3,(H2,14,15,16). The second-order valence-corrected chi connectivity index (χ2v) is 4.25. The maximum absolute atomic E-state index is 10.7. The van der Waals surface area contributed by atoms with E-state index in [1.165, 1.54) is 0 Å². The van der Waals surface area contributed by atoms with Crippen molar-refractivity contribution in [1.29, 1.82) is 0 Å². The Labute approximate surface area is 104 Å². The van der Waals surface area contributed by atoms with E-state index in [2.05, 4.69) is 9.26 Å². The number of rotatable bonds is 5. The van der Waals surface area contributed by atoms with Gasteiger partial charge in [0.1, 0.15) is 6.07 Å². The Bertz CT molecular complexity index is 580. The maximum atomic E-state index is 10.7. The van der Waals surface area contributed by atoms with E-state index in [1.807, 2.05) is 0 Å². The molecule has 0 amide bonds. The zero-order valence-electron chi connectivity index (χ0n) is 9.25. The van der Waals surface area contributed by atoms with Crippen LogP contribution in [0.5, 0.6) is 11.5 Å². The Balaban J connectivity index is 3.49. The molecule has 0 heterocycles. The lowest BCUT2D eigenvalue weighted by Crippen LogP contribution is -2.00. The number of methoxy groups -OCH3 is 1. The van der Waals surface area contributed by atoms with Gasteiger partial charge in [-0.05, 0) is 0 Å². The lowest BCUT2D eigenvalue weighted by Gasteiger charge is -2.09. The van der Waals surface area contributed by atoms with Crippen LogP contribution in [0, 0.1) is 20.2 Å². The third-order valence-electron chi connectivity index (χ3n) is 1.87. The first-order valence-corrected chi connectivity index (χ1v) is 5.94. The minimum Gasteiger partial charge on any atom is -0.490 e. The molecule has 0 fully saturated rings. The first kappa shape index (κ1) is 14.8. The van der Waals surface area contributed by atoms with Gasteiger partial charge < -0.3 is 9.26 Å². The van der Waals surface area contributed by atoms with Gasteiger partial charge in [0, 0.05) is 6.07 Å². The molecule has 0 spiro atoms. The van der Waals surface area contributed by atoms with Crippen LogP contribution in [0.4, 0.5) is 11.4 Å². The largest absolute Gasteiger partial charge is 0.525 e. The fourth-order valence-electron chi connectivity index (χ4n) is 1.19. The Hall–Kier alpha value is -2.23. The van der Waals surface area contributed by atoms with E-state index >= 15 is 0 Å². The van der Waals surface area contributed by atoms with Crippen LogP contribution in [0.15, 0.2) is 12.1 Å². The average molecular weight is 294 g/mol. The van der Waals surface area contributed by atoms with E-state index in [0.29, 0.717) is 12.1 Å². The van der Waals surface area contributed by atoms with Gasteiger partial charge in [0.05, 0.1) is 17.0 Å². The van der Waals surface area contributed by atoms with Crippen molar-refractivity contribution in [2.45, 2.75) is 0 Å². The zero-order valence-corrected chi connectivity index (χ0v) is 10.1. The molecular formula is C7H7N2O9P. The molecule has 0 aliphatic heterocycles. The monoisotopic (exact) mass is 294 g/mol. The topological polar surface area (TPSA) is 162 Å². The van der Waals surface area contributed by atoms with Crippen LogP contribution in [-0.2, 0) is 4.57 Å². The van der Waals surface area contributed by atoms with Crippen LogP contribution in [0.2, 0.25) is 0 Å². The van der Waals surface area contributed by atoms with Crippen molar-refractivity contribution < 1.29 is 33.5 Å². The van der Waals surface area contributed by atoms with Crippen molar-refractivity contribution in [3.63, 3.8) is 0 Å². The first-order valence-electron chi connectivity index (χ1n) is 4.41. The highest BCUT2D eigenvalue weighted by Gasteiger charge is 2.30. The van der Waals surface area contributed by atoms with E-state index in [9.17, 15) is 24.8 Å². The Morgan fingerprint density at radius 1 is 1.11 bits per heavy atom. The van der Waals surface area contributed by atoms with Crippen LogP contribution in [0.3, 0.4) is 0 Å². The highest BCUT2D eigenvalue weighted by molar-refractivity contribution is 7.46. The van der Waals surface area contributed by atoms with Gasteiger partial charge in [0.2, 0.25) is 11.5 Å². The highest BCUT2D eigenvalue weighted by Crippen LogP contribution is 2.45. The number of nitrogens with zero attached hydrogens (tertiary/aromatic N) is 2. The molecule has 11 nitrogen and oxygen atoms in total. The van der Waals surface area contributed by atoms with Crippen molar-refractivity contribution in [2.75, 3.05) is 7.11 Å². The molecule has 1 aromatic carbocycles. The minimum atomic E-state index is -5.05. The third-order valence-corrected chi connectivity index (χ3v) is 2.31.